The third-order valence-electron chi connectivity index (χ3n) is 5.99. The van der Waals surface area contributed by atoms with Crippen LogP contribution >= 0.6 is 0 Å². The monoisotopic (exact) mass is 389 g/mol. The number of rotatable bonds is 4. The summed E-state index contributed by atoms with van der Waals surface area (Å²) in [7, 11) is 0. The fraction of sp³-hybridized carbons (Fsp3) is 0.364. The summed E-state index contributed by atoms with van der Waals surface area (Å²) in [6, 6.07) is 13.9. The van der Waals surface area contributed by atoms with Crippen molar-refractivity contribution in [1.82, 2.24) is 24.2 Å². The van der Waals surface area contributed by atoms with Gasteiger partial charge in [0.1, 0.15) is 5.82 Å². The van der Waals surface area contributed by atoms with Crippen LogP contribution in [0.3, 0.4) is 0 Å². The molecule has 2 aromatic heterocycles. The number of likely N-dealkylation sites (tertiary alicyclic amines) is 1. The molecule has 2 aliphatic heterocycles. The smallest absolute Gasteiger partial charge is 0.296 e. The maximum absolute atomic E-state index is 12.7. The second-order valence-electron chi connectivity index (χ2n) is 8.10. The van der Waals surface area contributed by atoms with Crippen LogP contribution in [0.5, 0.6) is 0 Å². The summed E-state index contributed by atoms with van der Waals surface area (Å²) in [5, 5.41) is 4.64. The number of fused-ring (bicyclic) bond motifs is 3. The highest BCUT2D eigenvalue weighted by Gasteiger charge is 2.42. The molecule has 3 aromatic rings. The molecule has 1 saturated heterocycles. The highest BCUT2D eigenvalue weighted by Crippen LogP contribution is 2.37. The molecule has 1 fully saturated rings. The Morgan fingerprint density at radius 1 is 0.966 bits per heavy atom. The number of aromatic nitrogens is 4. The fourth-order valence-corrected chi connectivity index (χ4v) is 4.50. The van der Waals surface area contributed by atoms with E-state index in [2.05, 4.69) is 15.0 Å². The van der Waals surface area contributed by atoms with Gasteiger partial charge in [-0.05, 0) is 24.6 Å². The topological polar surface area (TPSA) is 73.0 Å². The van der Waals surface area contributed by atoms with E-state index in [4.69, 9.17) is 0 Å². The SMILES string of the molecule is Cc1ccc(Cn2nc3n(c(=O)c2=O)C[C@H]2CN(Cc4ccccn4)C[C@@H]32)cc1. The largest absolute Gasteiger partial charge is 0.332 e. The first-order valence-electron chi connectivity index (χ1n) is 9.98. The quantitative estimate of drug-likeness (QED) is 0.631. The molecule has 1 aromatic carbocycles. The first kappa shape index (κ1) is 18.0. The van der Waals surface area contributed by atoms with Crippen molar-refractivity contribution < 1.29 is 0 Å². The Hall–Kier alpha value is -3.06. The maximum atomic E-state index is 12.7. The van der Waals surface area contributed by atoms with Crippen molar-refractivity contribution in [3.8, 4) is 0 Å². The predicted molar refractivity (Wildman–Crippen MR) is 109 cm³/mol. The van der Waals surface area contributed by atoms with E-state index in [0.717, 1.165) is 42.3 Å². The van der Waals surface area contributed by atoms with Crippen LogP contribution in [0.15, 0.2) is 58.3 Å². The van der Waals surface area contributed by atoms with Crippen LogP contribution in [0.2, 0.25) is 0 Å². The minimum atomic E-state index is -0.542. The van der Waals surface area contributed by atoms with Gasteiger partial charge in [0.05, 0.1) is 12.2 Å². The van der Waals surface area contributed by atoms with E-state index in [1.165, 1.54) is 4.68 Å². The van der Waals surface area contributed by atoms with Crippen LogP contribution in [0.25, 0.3) is 0 Å². The van der Waals surface area contributed by atoms with E-state index in [9.17, 15) is 9.59 Å². The maximum Gasteiger partial charge on any atom is 0.332 e. The average Bonchev–Trinajstić information content (AvgIpc) is 3.26. The van der Waals surface area contributed by atoms with Crippen LogP contribution in [0.1, 0.15) is 28.6 Å². The molecule has 7 heteroatoms. The molecule has 0 saturated carbocycles. The van der Waals surface area contributed by atoms with Crippen molar-refractivity contribution >= 4 is 0 Å². The van der Waals surface area contributed by atoms with Crippen molar-refractivity contribution in [3.05, 3.63) is 92.0 Å². The minimum absolute atomic E-state index is 0.177. The van der Waals surface area contributed by atoms with E-state index >= 15 is 0 Å². The van der Waals surface area contributed by atoms with Gasteiger partial charge in [-0.15, -0.1) is 0 Å². The second kappa shape index (κ2) is 7.08. The van der Waals surface area contributed by atoms with E-state index in [0.29, 0.717) is 19.0 Å². The van der Waals surface area contributed by atoms with Gasteiger partial charge < -0.3 is 0 Å². The zero-order chi connectivity index (χ0) is 20.0. The van der Waals surface area contributed by atoms with E-state index in [-0.39, 0.29) is 5.92 Å². The Kier molecular flexibility index (Phi) is 4.39. The number of pyridine rings is 1. The average molecular weight is 389 g/mol. The molecule has 0 spiro atoms. The van der Waals surface area contributed by atoms with Gasteiger partial charge in [-0.3, -0.25) is 24.0 Å². The van der Waals surface area contributed by atoms with E-state index in [1.54, 1.807) is 4.57 Å². The van der Waals surface area contributed by atoms with Gasteiger partial charge >= 0.3 is 11.1 Å². The number of benzene rings is 1. The predicted octanol–water partition coefficient (Wildman–Crippen LogP) is 1.39. The number of nitrogens with zero attached hydrogens (tertiary/aromatic N) is 5. The second-order valence-corrected chi connectivity index (χ2v) is 8.10. The van der Waals surface area contributed by atoms with Crippen molar-refractivity contribution in [2.45, 2.75) is 32.5 Å². The van der Waals surface area contributed by atoms with Gasteiger partial charge in [-0.1, -0.05) is 35.9 Å². The Morgan fingerprint density at radius 3 is 2.55 bits per heavy atom. The zero-order valence-corrected chi connectivity index (χ0v) is 16.4. The Labute approximate surface area is 168 Å². The summed E-state index contributed by atoms with van der Waals surface area (Å²) >= 11 is 0. The summed E-state index contributed by atoms with van der Waals surface area (Å²) in [4.78, 5) is 32.0. The normalized spacial score (nSPS) is 20.6. The van der Waals surface area contributed by atoms with E-state index in [1.807, 2.05) is 55.6 Å². The molecule has 0 amide bonds. The van der Waals surface area contributed by atoms with Gasteiger partial charge in [-0.25, -0.2) is 4.68 Å². The lowest BCUT2D eigenvalue weighted by Crippen LogP contribution is -2.44. The number of aryl methyl sites for hydroxylation is 1. The van der Waals surface area contributed by atoms with Crippen molar-refractivity contribution in [2.24, 2.45) is 5.92 Å². The lowest BCUT2D eigenvalue weighted by atomic mass is 10.00. The summed E-state index contributed by atoms with van der Waals surface area (Å²) in [6.07, 6.45) is 1.81. The van der Waals surface area contributed by atoms with Gasteiger partial charge in [0, 0.05) is 44.2 Å². The summed E-state index contributed by atoms with van der Waals surface area (Å²) in [5.41, 5.74) is 2.17. The lowest BCUT2D eigenvalue weighted by Gasteiger charge is -2.17. The third kappa shape index (κ3) is 3.31. The van der Waals surface area contributed by atoms with Crippen molar-refractivity contribution in [3.63, 3.8) is 0 Å². The van der Waals surface area contributed by atoms with E-state index < -0.39 is 11.1 Å². The van der Waals surface area contributed by atoms with Gasteiger partial charge in [0.2, 0.25) is 0 Å². The molecular formula is C22H23N5O2. The molecule has 0 unspecified atom stereocenters. The minimum Gasteiger partial charge on any atom is -0.296 e. The highest BCUT2D eigenvalue weighted by molar-refractivity contribution is 5.21. The molecule has 4 heterocycles. The summed E-state index contributed by atoms with van der Waals surface area (Å²) in [5.74, 6) is 1.24. The summed E-state index contributed by atoms with van der Waals surface area (Å²) < 4.78 is 2.93. The van der Waals surface area contributed by atoms with Crippen LogP contribution in [0.4, 0.5) is 0 Å². The van der Waals surface area contributed by atoms with Gasteiger partial charge in [0.15, 0.2) is 0 Å². The molecule has 7 nitrogen and oxygen atoms in total. The first-order chi connectivity index (χ1) is 14.1. The third-order valence-corrected chi connectivity index (χ3v) is 5.99. The van der Waals surface area contributed by atoms with Gasteiger partial charge in [0.25, 0.3) is 0 Å². The molecule has 0 aliphatic carbocycles. The van der Waals surface area contributed by atoms with Crippen molar-refractivity contribution in [2.75, 3.05) is 13.1 Å². The Balaban J connectivity index is 1.41. The number of hydrogen-bond acceptors (Lipinski definition) is 5. The molecule has 0 N–H and O–H groups in total. The molecule has 0 bridgehead atoms. The Bertz CT molecular complexity index is 1150. The molecule has 0 radical (unpaired) electrons. The highest BCUT2D eigenvalue weighted by atomic mass is 16.2. The molecule has 5 rings (SSSR count). The van der Waals surface area contributed by atoms with Gasteiger partial charge in [-0.2, -0.15) is 5.10 Å². The van der Waals surface area contributed by atoms with Crippen LogP contribution in [0, 0.1) is 12.8 Å². The lowest BCUT2D eigenvalue weighted by molar-refractivity contribution is 0.300. The standard InChI is InChI=1S/C22H23N5O2/c1-15-5-7-16(8-6-15)10-27-22(29)21(28)26-12-17-11-25(14-19(17)20(26)24-27)13-18-4-2-3-9-23-18/h2-9,17,19H,10-14H2,1H3/t17-,19-/m1/s1. The Morgan fingerprint density at radius 2 is 1.79 bits per heavy atom. The molecule has 2 aliphatic rings. The molecule has 2 atom stereocenters. The van der Waals surface area contributed by atoms with Crippen LogP contribution < -0.4 is 11.1 Å². The zero-order valence-electron chi connectivity index (χ0n) is 16.4. The molecule has 29 heavy (non-hydrogen) atoms. The first-order valence-corrected chi connectivity index (χ1v) is 9.98. The summed E-state index contributed by atoms with van der Waals surface area (Å²) in [6.45, 7) is 5.42. The van der Waals surface area contributed by atoms with Crippen molar-refractivity contribution in [1.29, 1.82) is 0 Å². The van der Waals surface area contributed by atoms with Crippen LogP contribution in [-0.4, -0.2) is 37.3 Å². The molecular weight excluding hydrogens is 366 g/mol. The molecule has 148 valence electrons. The fourth-order valence-electron chi connectivity index (χ4n) is 4.50. The number of hydrogen-bond donors (Lipinski definition) is 0. The van der Waals surface area contributed by atoms with Crippen LogP contribution in [-0.2, 0) is 19.6 Å².